The molecular weight excluding hydrogens is 153 g/mol. The third kappa shape index (κ3) is 2.59. The van der Waals surface area contributed by atoms with Crippen molar-refractivity contribution in [3.63, 3.8) is 0 Å². The van der Waals surface area contributed by atoms with Gasteiger partial charge in [-0.2, -0.15) is 0 Å². The molecule has 0 saturated heterocycles. The summed E-state index contributed by atoms with van der Waals surface area (Å²) in [6.07, 6.45) is 2.12. The molecule has 0 saturated carbocycles. The van der Waals surface area contributed by atoms with Crippen LogP contribution in [0.2, 0.25) is 0 Å². The Labute approximate surface area is 74.3 Å². The molecule has 0 aliphatic carbocycles. The molecule has 0 spiro atoms. The standard InChI is InChI=1S/C10H18FN/c1-8(2)9-4-5-12(3)7-10(11)6-9/h4,8,10H,5-7H2,1-3H3/t10-/m0/s1. The Morgan fingerprint density at radius 3 is 2.83 bits per heavy atom. The molecule has 1 atom stereocenters. The van der Waals surface area contributed by atoms with Crippen molar-refractivity contribution in [3.8, 4) is 0 Å². The van der Waals surface area contributed by atoms with E-state index in [-0.39, 0.29) is 0 Å². The van der Waals surface area contributed by atoms with Gasteiger partial charge >= 0.3 is 0 Å². The van der Waals surface area contributed by atoms with Gasteiger partial charge in [0, 0.05) is 19.5 Å². The maximum atomic E-state index is 13.2. The molecule has 0 fully saturated rings. The van der Waals surface area contributed by atoms with E-state index in [9.17, 15) is 4.39 Å². The molecule has 12 heavy (non-hydrogen) atoms. The number of likely N-dealkylation sites (N-methyl/N-ethyl adjacent to an activating group) is 1. The first kappa shape index (κ1) is 9.72. The number of rotatable bonds is 1. The first-order valence-corrected chi connectivity index (χ1v) is 4.61. The molecule has 1 rings (SSSR count). The largest absolute Gasteiger partial charge is 0.300 e. The number of nitrogens with zero attached hydrogens (tertiary/aromatic N) is 1. The van der Waals surface area contributed by atoms with Crippen LogP contribution in [-0.2, 0) is 0 Å². The van der Waals surface area contributed by atoms with E-state index in [2.05, 4.69) is 19.9 Å². The molecule has 0 aromatic heterocycles. The first-order valence-electron chi connectivity index (χ1n) is 4.61. The van der Waals surface area contributed by atoms with E-state index < -0.39 is 6.17 Å². The fraction of sp³-hybridized carbons (Fsp3) is 0.800. The van der Waals surface area contributed by atoms with E-state index in [4.69, 9.17) is 0 Å². The SMILES string of the molecule is CC(C)C1=CCN(C)C[C@@H](F)C1. The Bertz CT molecular complexity index is 175. The predicted molar refractivity (Wildman–Crippen MR) is 49.9 cm³/mol. The number of halogens is 1. The second-order valence-corrected chi connectivity index (χ2v) is 3.96. The van der Waals surface area contributed by atoms with E-state index in [0.717, 1.165) is 6.54 Å². The van der Waals surface area contributed by atoms with Gasteiger partial charge < -0.3 is 0 Å². The fourth-order valence-electron chi connectivity index (χ4n) is 1.56. The molecule has 2 heteroatoms. The number of allylic oxidation sites excluding steroid dienone is 1. The summed E-state index contributed by atoms with van der Waals surface area (Å²) in [4.78, 5) is 2.03. The maximum absolute atomic E-state index is 13.2. The van der Waals surface area contributed by atoms with Gasteiger partial charge in [0.25, 0.3) is 0 Å². The molecule has 1 nitrogen and oxygen atoms in total. The van der Waals surface area contributed by atoms with Crippen molar-refractivity contribution >= 4 is 0 Å². The van der Waals surface area contributed by atoms with E-state index >= 15 is 0 Å². The molecule has 0 aromatic carbocycles. The Morgan fingerprint density at radius 1 is 1.58 bits per heavy atom. The van der Waals surface area contributed by atoms with Gasteiger partial charge in [-0.25, -0.2) is 4.39 Å². The van der Waals surface area contributed by atoms with Crippen molar-refractivity contribution in [1.82, 2.24) is 4.90 Å². The summed E-state index contributed by atoms with van der Waals surface area (Å²) in [5.74, 6) is 0.495. The molecule has 1 aliphatic rings. The molecule has 0 radical (unpaired) electrons. The molecule has 0 N–H and O–H groups in total. The van der Waals surface area contributed by atoms with Crippen LogP contribution in [0.1, 0.15) is 20.3 Å². The van der Waals surface area contributed by atoms with Gasteiger partial charge in [-0.15, -0.1) is 0 Å². The predicted octanol–water partition coefficient (Wildman–Crippen LogP) is 2.24. The normalized spacial score (nSPS) is 27.1. The average molecular weight is 171 g/mol. The highest BCUT2D eigenvalue weighted by molar-refractivity contribution is 5.09. The lowest BCUT2D eigenvalue weighted by Crippen LogP contribution is -2.24. The van der Waals surface area contributed by atoms with Crippen molar-refractivity contribution < 1.29 is 4.39 Å². The monoisotopic (exact) mass is 171 g/mol. The van der Waals surface area contributed by atoms with Crippen LogP contribution >= 0.6 is 0 Å². The second kappa shape index (κ2) is 4.04. The van der Waals surface area contributed by atoms with Crippen LogP contribution in [0, 0.1) is 5.92 Å². The summed E-state index contributed by atoms with van der Waals surface area (Å²) in [7, 11) is 1.96. The average Bonchev–Trinajstić information content (AvgIpc) is 2.11. The molecule has 70 valence electrons. The summed E-state index contributed by atoms with van der Waals surface area (Å²) in [5, 5.41) is 0. The second-order valence-electron chi connectivity index (χ2n) is 3.96. The number of alkyl halides is 1. The smallest absolute Gasteiger partial charge is 0.116 e. The minimum absolute atomic E-state index is 0.495. The summed E-state index contributed by atoms with van der Waals surface area (Å²) in [5.41, 5.74) is 1.27. The molecule has 0 aromatic rings. The number of hydrogen-bond acceptors (Lipinski definition) is 1. The molecule has 0 unspecified atom stereocenters. The topological polar surface area (TPSA) is 3.24 Å². The zero-order valence-electron chi connectivity index (χ0n) is 8.18. The summed E-state index contributed by atoms with van der Waals surface area (Å²) in [6.45, 7) is 5.73. The van der Waals surface area contributed by atoms with Crippen molar-refractivity contribution in [1.29, 1.82) is 0 Å². The Balaban J connectivity index is 2.62. The van der Waals surface area contributed by atoms with Gasteiger partial charge in [0.1, 0.15) is 6.17 Å². The quantitative estimate of drug-likeness (QED) is 0.547. The van der Waals surface area contributed by atoms with Crippen LogP contribution in [0.15, 0.2) is 11.6 Å². The van der Waals surface area contributed by atoms with E-state index in [1.807, 2.05) is 11.9 Å². The molecule has 0 bridgehead atoms. The summed E-state index contributed by atoms with van der Waals surface area (Å²) >= 11 is 0. The first-order chi connectivity index (χ1) is 5.59. The minimum atomic E-state index is -0.675. The third-order valence-corrected chi connectivity index (χ3v) is 2.37. The van der Waals surface area contributed by atoms with Crippen LogP contribution in [0.3, 0.4) is 0 Å². The van der Waals surface area contributed by atoms with Crippen molar-refractivity contribution in [2.75, 3.05) is 20.1 Å². The van der Waals surface area contributed by atoms with Crippen LogP contribution in [0.4, 0.5) is 4.39 Å². The molecule has 1 heterocycles. The number of hydrogen-bond donors (Lipinski definition) is 0. The van der Waals surface area contributed by atoms with E-state index in [0.29, 0.717) is 18.9 Å². The Kier molecular flexibility index (Phi) is 3.27. The van der Waals surface area contributed by atoms with Crippen LogP contribution in [-0.4, -0.2) is 31.2 Å². The van der Waals surface area contributed by atoms with Crippen molar-refractivity contribution in [2.45, 2.75) is 26.4 Å². The summed E-state index contributed by atoms with van der Waals surface area (Å²) in [6, 6.07) is 0. The lowest BCUT2D eigenvalue weighted by molar-refractivity contribution is 0.239. The highest BCUT2D eigenvalue weighted by Crippen LogP contribution is 2.20. The Hall–Kier alpha value is -0.370. The van der Waals surface area contributed by atoms with E-state index in [1.165, 1.54) is 5.57 Å². The third-order valence-electron chi connectivity index (χ3n) is 2.37. The van der Waals surface area contributed by atoms with Crippen LogP contribution < -0.4 is 0 Å². The van der Waals surface area contributed by atoms with Gasteiger partial charge in [0.2, 0.25) is 0 Å². The lowest BCUT2D eigenvalue weighted by Gasteiger charge is -2.13. The molecule has 0 amide bonds. The summed E-state index contributed by atoms with van der Waals surface area (Å²) < 4.78 is 13.2. The molecular formula is C10H18FN. The van der Waals surface area contributed by atoms with Crippen molar-refractivity contribution in [3.05, 3.63) is 11.6 Å². The molecule has 1 aliphatic heterocycles. The van der Waals surface area contributed by atoms with Gasteiger partial charge in [0.15, 0.2) is 0 Å². The highest BCUT2D eigenvalue weighted by atomic mass is 19.1. The van der Waals surface area contributed by atoms with Crippen molar-refractivity contribution in [2.24, 2.45) is 5.92 Å². The fourth-order valence-corrected chi connectivity index (χ4v) is 1.56. The highest BCUT2D eigenvalue weighted by Gasteiger charge is 2.17. The van der Waals surface area contributed by atoms with Crippen LogP contribution in [0.25, 0.3) is 0 Å². The zero-order chi connectivity index (χ0) is 9.14. The van der Waals surface area contributed by atoms with Crippen LogP contribution in [0.5, 0.6) is 0 Å². The Morgan fingerprint density at radius 2 is 2.25 bits per heavy atom. The van der Waals surface area contributed by atoms with Gasteiger partial charge in [0.05, 0.1) is 0 Å². The van der Waals surface area contributed by atoms with Gasteiger partial charge in [-0.05, 0) is 13.0 Å². The van der Waals surface area contributed by atoms with Gasteiger partial charge in [-0.3, -0.25) is 4.90 Å². The van der Waals surface area contributed by atoms with E-state index in [1.54, 1.807) is 0 Å². The van der Waals surface area contributed by atoms with Gasteiger partial charge in [-0.1, -0.05) is 25.5 Å². The maximum Gasteiger partial charge on any atom is 0.116 e. The zero-order valence-corrected chi connectivity index (χ0v) is 8.18. The minimum Gasteiger partial charge on any atom is -0.300 e. The lowest BCUT2D eigenvalue weighted by atomic mass is 9.98.